The molecule has 1 aliphatic heterocycles. The SMILES string of the molecule is c1cc(-c2ccnc3nc(-c4n[nH]c5ccc(-c6cncc(OCCN7CCCC7)c6)nc45)[nH]c23)ccn1. The van der Waals surface area contributed by atoms with Crippen molar-refractivity contribution in [1.82, 2.24) is 45.0 Å². The van der Waals surface area contributed by atoms with E-state index >= 15 is 0 Å². The van der Waals surface area contributed by atoms with Gasteiger partial charge in [0.05, 0.1) is 22.9 Å². The van der Waals surface area contributed by atoms with Gasteiger partial charge in [-0.3, -0.25) is 20.0 Å². The molecule has 6 aromatic heterocycles. The van der Waals surface area contributed by atoms with E-state index in [1.165, 1.54) is 12.8 Å². The number of hydrogen-bond acceptors (Lipinski definition) is 8. The van der Waals surface area contributed by atoms with Gasteiger partial charge in [-0.05, 0) is 67.9 Å². The molecule has 188 valence electrons. The minimum atomic E-state index is 0.599. The standard InChI is InChI=1S/C28H25N9O/c1-2-12-37(11-1)13-14-38-20-15-19(16-30-17-20)22-3-4-23-25(32-22)26(36-35-23)28-33-24-21(7-10-31-27(24)34-28)18-5-8-29-9-6-18/h3-10,15-17H,1-2,11-14H2,(H,35,36)(H,31,33,34). The number of likely N-dealkylation sites (tertiary alicyclic amines) is 1. The van der Waals surface area contributed by atoms with Crippen molar-refractivity contribution in [3.8, 4) is 39.7 Å². The number of fused-ring (bicyclic) bond motifs is 2. The topological polar surface area (TPSA) is 121 Å². The van der Waals surface area contributed by atoms with Gasteiger partial charge in [-0.25, -0.2) is 15.0 Å². The highest BCUT2D eigenvalue weighted by atomic mass is 16.5. The number of aromatic nitrogens is 8. The van der Waals surface area contributed by atoms with E-state index in [4.69, 9.17) is 14.7 Å². The molecule has 0 spiro atoms. The fourth-order valence-corrected chi connectivity index (χ4v) is 4.96. The van der Waals surface area contributed by atoms with Gasteiger partial charge in [-0.1, -0.05) is 0 Å². The van der Waals surface area contributed by atoms with Crippen LogP contribution in [0.2, 0.25) is 0 Å². The Labute approximate surface area is 218 Å². The quantitative estimate of drug-likeness (QED) is 0.327. The summed E-state index contributed by atoms with van der Waals surface area (Å²) in [6, 6.07) is 11.8. The fourth-order valence-electron chi connectivity index (χ4n) is 4.96. The second kappa shape index (κ2) is 9.64. The van der Waals surface area contributed by atoms with E-state index in [0.717, 1.165) is 58.8 Å². The molecule has 1 saturated heterocycles. The van der Waals surface area contributed by atoms with Crippen LogP contribution in [0, 0.1) is 0 Å². The average Bonchev–Trinajstić information content (AvgIpc) is 3.73. The Balaban J connectivity index is 1.20. The largest absolute Gasteiger partial charge is 0.491 e. The number of H-pyrrole nitrogens is 2. The highest BCUT2D eigenvalue weighted by Gasteiger charge is 2.18. The summed E-state index contributed by atoms with van der Waals surface area (Å²) in [5, 5.41) is 7.61. The van der Waals surface area contributed by atoms with Crippen molar-refractivity contribution in [2.75, 3.05) is 26.2 Å². The normalized spacial score (nSPS) is 14.0. The number of rotatable bonds is 7. The van der Waals surface area contributed by atoms with Crippen molar-refractivity contribution in [2.45, 2.75) is 12.8 Å². The molecule has 0 aromatic carbocycles. The molecule has 0 radical (unpaired) electrons. The minimum absolute atomic E-state index is 0.599. The zero-order valence-electron chi connectivity index (χ0n) is 20.6. The van der Waals surface area contributed by atoms with Gasteiger partial charge in [0.15, 0.2) is 17.2 Å². The molecule has 0 unspecified atom stereocenters. The Morgan fingerprint density at radius 3 is 2.68 bits per heavy atom. The van der Waals surface area contributed by atoms with Gasteiger partial charge in [0.25, 0.3) is 0 Å². The third-order valence-corrected chi connectivity index (χ3v) is 6.90. The van der Waals surface area contributed by atoms with Gasteiger partial charge < -0.3 is 9.72 Å². The first-order chi connectivity index (χ1) is 18.8. The summed E-state index contributed by atoms with van der Waals surface area (Å²) in [4.78, 5) is 28.5. The summed E-state index contributed by atoms with van der Waals surface area (Å²) in [5.41, 5.74) is 7.31. The summed E-state index contributed by atoms with van der Waals surface area (Å²) in [7, 11) is 0. The predicted molar refractivity (Wildman–Crippen MR) is 144 cm³/mol. The number of aromatic amines is 2. The predicted octanol–water partition coefficient (Wildman–Crippen LogP) is 4.49. The van der Waals surface area contributed by atoms with Crippen molar-refractivity contribution < 1.29 is 4.74 Å². The summed E-state index contributed by atoms with van der Waals surface area (Å²) in [5.74, 6) is 1.34. The minimum Gasteiger partial charge on any atom is -0.491 e. The molecule has 2 N–H and O–H groups in total. The third kappa shape index (κ3) is 4.24. The van der Waals surface area contributed by atoms with E-state index in [1.807, 2.05) is 36.4 Å². The molecule has 10 nitrogen and oxygen atoms in total. The lowest BCUT2D eigenvalue weighted by atomic mass is 10.1. The summed E-state index contributed by atoms with van der Waals surface area (Å²) >= 11 is 0. The lowest BCUT2D eigenvalue weighted by Gasteiger charge is -2.15. The number of hydrogen-bond donors (Lipinski definition) is 2. The smallest absolute Gasteiger partial charge is 0.178 e. The molecule has 7 heterocycles. The van der Waals surface area contributed by atoms with Crippen LogP contribution in [0.5, 0.6) is 5.75 Å². The maximum absolute atomic E-state index is 6.00. The molecule has 0 amide bonds. The summed E-state index contributed by atoms with van der Waals surface area (Å²) < 4.78 is 6.00. The molecule has 38 heavy (non-hydrogen) atoms. The van der Waals surface area contributed by atoms with Crippen molar-refractivity contribution in [2.24, 2.45) is 0 Å². The van der Waals surface area contributed by atoms with Crippen LogP contribution in [0.15, 0.2) is 67.4 Å². The Bertz CT molecular complexity index is 1720. The van der Waals surface area contributed by atoms with Crippen LogP contribution in [0.1, 0.15) is 12.8 Å². The van der Waals surface area contributed by atoms with Gasteiger partial charge in [0.2, 0.25) is 0 Å². The van der Waals surface area contributed by atoms with Crippen LogP contribution >= 0.6 is 0 Å². The highest BCUT2D eigenvalue weighted by molar-refractivity contribution is 5.94. The molecular formula is C28H25N9O. The van der Waals surface area contributed by atoms with E-state index in [2.05, 4.69) is 35.0 Å². The Morgan fingerprint density at radius 2 is 1.79 bits per heavy atom. The Kier molecular flexibility index (Phi) is 5.71. The first kappa shape index (κ1) is 22.5. The van der Waals surface area contributed by atoms with Crippen LogP contribution < -0.4 is 4.74 Å². The molecule has 10 heteroatoms. The summed E-state index contributed by atoms with van der Waals surface area (Å²) in [6.45, 7) is 3.89. The molecule has 0 saturated carbocycles. The van der Waals surface area contributed by atoms with E-state index in [1.54, 1.807) is 31.0 Å². The van der Waals surface area contributed by atoms with E-state index in [-0.39, 0.29) is 0 Å². The van der Waals surface area contributed by atoms with E-state index in [0.29, 0.717) is 29.3 Å². The third-order valence-electron chi connectivity index (χ3n) is 6.90. The lowest BCUT2D eigenvalue weighted by Crippen LogP contribution is -2.25. The number of imidazole rings is 1. The molecule has 1 fully saturated rings. The van der Waals surface area contributed by atoms with Gasteiger partial charge in [-0.2, -0.15) is 5.10 Å². The second-order valence-corrected chi connectivity index (χ2v) is 9.35. The Hall–Kier alpha value is -4.70. The number of nitrogens with zero attached hydrogens (tertiary/aromatic N) is 7. The van der Waals surface area contributed by atoms with Crippen molar-refractivity contribution in [1.29, 1.82) is 0 Å². The molecule has 1 aliphatic rings. The average molecular weight is 504 g/mol. The fraction of sp³-hybridized carbons (Fsp3) is 0.214. The maximum atomic E-state index is 6.00. The van der Waals surface area contributed by atoms with Crippen LogP contribution in [0.3, 0.4) is 0 Å². The van der Waals surface area contributed by atoms with Crippen LogP contribution in [-0.4, -0.2) is 71.2 Å². The lowest BCUT2D eigenvalue weighted by molar-refractivity contribution is 0.237. The van der Waals surface area contributed by atoms with Gasteiger partial charge in [0.1, 0.15) is 17.9 Å². The van der Waals surface area contributed by atoms with E-state index in [9.17, 15) is 0 Å². The monoisotopic (exact) mass is 503 g/mol. The first-order valence-corrected chi connectivity index (χ1v) is 12.7. The van der Waals surface area contributed by atoms with Crippen molar-refractivity contribution in [3.05, 3.63) is 67.4 Å². The zero-order valence-corrected chi connectivity index (χ0v) is 20.6. The first-order valence-electron chi connectivity index (χ1n) is 12.7. The summed E-state index contributed by atoms with van der Waals surface area (Å²) in [6.07, 6.45) is 11.4. The van der Waals surface area contributed by atoms with Crippen molar-refractivity contribution >= 4 is 22.2 Å². The molecular weight excluding hydrogens is 478 g/mol. The second-order valence-electron chi connectivity index (χ2n) is 9.35. The van der Waals surface area contributed by atoms with Crippen molar-refractivity contribution in [3.63, 3.8) is 0 Å². The molecule has 7 rings (SSSR count). The Morgan fingerprint density at radius 1 is 0.895 bits per heavy atom. The maximum Gasteiger partial charge on any atom is 0.178 e. The van der Waals surface area contributed by atoms with Crippen LogP contribution in [0.4, 0.5) is 0 Å². The number of nitrogens with one attached hydrogen (secondary N) is 2. The number of pyridine rings is 4. The number of ether oxygens (including phenoxy) is 1. The molecule has 0 aliphatic carbocycles. The van der Waals surface area contributed by atoms with Crippen LogP contribution in [-0.2, 0) is 0 Å². The zero-order chi connectivity index (χ0) is 25.3. The molecule has 6 aromatic rings. The molecule has 0 atom stereocenters. The van der Waals surface area contributed by atoms with E-state index < -0.39 is 0 Å². The van der Waals surface area contributed by atoms with Gasteiger partial charge >= 0.3 is 0 Å². The van der Waals surface area contributed by atoms with Crippen LogP contribution in [0.25, 0.3) is 56.1 Å². The van der Waals surface area contributed by atoms with Gasteiger partial charge in [-0.15, -0.1) is 0 Å². The molecule has 0 bridgehead atoms. The highest BCUT2D eigenvalue weighted by Crippen LogP contribution is 2.31. The van der Waals surface area contributed by atoms with Gasteiger partial charge in [0, 0.05) is 42.5 Å².